The topological polar surface area (TPSA) is 57.6 Å². The van der Waals surface area contributed by atoms with Crippen LogP contribution in [-0.4, -0.2) is 35.0 Å². The monoisotopic (exact) mass is 287 g/mol. The van der Waals surface area contributed by atoms with E-state index in [0.717, 1.165) is 30.4 Å². The van der Waals surface area contributed by atoms with Gasteiger partial charge in [-0.2, -0.15) is 0 Å². The zero-order chi connectivity index (χ0) is 15.5. The van der Waals surface area contributed by atoms with Crippen molar-refractivity contribution < 1.29 is 14.7 Å². The van der Waals surface area contributed by atoms with Crippen molar-refractivity contribution in [3.63, 3.8) is 0 Å². The smallest absolute Gasteiger partial charge is 0.323 e. The van der Waals surface area contributed by atoms with Crippen molar-refractivity contribution >= 4 is 11.9 Å². The largest absolute Gasteiger partial charge is 0.480 e. The van der Waals surface area contributed by atoms with Crippen molar-refractivity contribution in [1.29, 1.82) is 0 Å². The third-order valence-corrected chi connectivity index (χ3v) is 4.15. The van der Waals surface area contributed by atoms with Crippen LogP contribution in [0.2, 0.25) is 0 Å². The molecule has 0 aromatic heterocycles. The second-order valence-electron chi connectivity index (χ2n) is 5.67. The van der Waals surface area contributed by atoms with E-state index in [4.69, 9.17) is 5.11 Å². The van der Waals surface area contributed by atoms with Crippen molar-refractivity contribution in [2.24, 2.45) is 0 Å². The first-order valence-electron chi connectivity index (χ1n) is 7.19. The van der Waals surface area contributed by atoms with Gasteiger partial charge in [-0.3, -0.25) is 9.59 Å². The Balaban J connectivity index is 2.32. The molecule has 0 atom stereocenters. The number of hydrogen-bond acceptors (Lipinski definition) is 2. The standard InChI is InChI=1S/C17H21NO3/c1-3-10-18(12-15(19)20)16(21)17(8-5-9-17)14-7-4-6-13(2)11-14/h3-4,6-7,11H,1,5,8-10,12H2,2H3,(H,19,20). The Morgan fingerprint density at radius 3 is 2.62 bits per heavy atom. The molecule has 1 amide bonds. The van der Waals surface area contributed by atoms with Gasteiger partial charge in [-0.05, 0) is 25.3 Å². The summed E-state index contributed by atoms with van der Waals surface area (Å²) in [6.07, 6.45) is 4.13. The van der Waals surface area contributed by atoms with Crippen LogP contribution in [0, 0.1) is 6.92 Å². The normalized spacial score (nSPS) is 15.9. The van der Waals surface area contributed by atoms with Crippen molar-refractivity contribution in [2.75, 3.05) is 13.1 Å². The summed E-state index contributed by atoms with van der Waals surface area (Å²) < 4.78 is 0. The van der Waals surface area contributed by atoms with Crippen LogP contribution < -0.4 is 0 Å². The summed E-state index contributed by atoms with van der Waals surface area (Å²) in [6.45, 7) is 5.60. The van der Waals surface area contributed by atoms with Gasteiger partial charge in [0, 0.05) is 6.54 Å². The first-order valence-corrected chi connectivity index (χ1v) is 7.19. The molecule has 112 valence electrons. The quantitative estimate of drug-likeness (QED) is 0.818. The molecule has 4 nitrogen and oxygen atoms in total. The van der Waals surface area contributed by atoms with Crippen LogP contribution in [0.15, 0.2) is 36.9 Å². The summed E-state index contributed by atoms with van der Waals surface area (Å²) in [5.41, 5.74) is 1.56. The van der Waals surface area contributed by atoms with E-state index in [1.54, 1.807) is 6.08 Å². The number of aryl methyl sites for hydroxylation is 1. The molecule has 21 heavy (non-hydrogen) atoms. The van der Waals surface area contributed by atoms with Crippen LogP contribution >= 0.6 is 0 Å². The lowest BCUT2D eigenvalue weighted by Crippen LogP contribution is -2.52. The maximum atomic E-state index is 12.9. The molecule has 1 N–H and O–H groups in total. The number of aliphatic carboxylic acids is 1. The van der Waals surface area contributed by atoms with E-state index in [9.17, 15) is 9.59 Å². The number of rotatable bonds is 6. The van der Waals surface area contributed by atoms with Gasteiger partial charge in [0.1, 0.15) is 6.54 Å². The average Bonchev–Trinajstić information content (AvgIpc) is 2.36. The van der Waals surface area contributed by atoms with Gasteiger partial charge >= 0.3 is 5.97 Å². The zero-order valence-electron chi connectivity index (χ0n) is 12.3. The summed E-state index contributed by atoms with van der Waals surface area (Å²) in [5.74, 6) is -1.09. The number of carboxylic acids is 1. The zero-order valence-corrected chi connectivity index (χ0v) is 12.3. The second-order valence-corrected chi connectivity index (χ2v) is 5.67. The number of amides is 1. The molecule has 2 rings (SSSR count). The van der Waals surface area contributed by atoms with Gasteiger partial charge in [0.15, 0.2) is 0 Å². The highest BCUT2D eigenvalue weighted by Gasteiger charge is 2.47. The van der Waals surface area contributed by atoms with Gasteiger partial charge in [0.05, 0.1) is 5.41 Å². The number of benzene rings is 1. The molecule has 1 aromatic rings. The van der Waals surface area contributed by atoms with Crippen LogP contribution in [0.25, 0.3) is 0 Å². The second kappa shape index (κ2) is 6.12. The predicted molar refractivity (Wildman–Crippen MR) is 81.1 cm³/mol. The van der Waals surface area contributed by atoms with Gasteiger partial charge in [0.25, 0.3) is 0 Å². The Kier molecular flexibility index (Phi) is 4.46. The van der Waals surface area contributed by atoms with Gasteiger partial charge in [0.2, 0.25) is 5.91 Å². The molecule has 0 radical (unpaired) electrons. The third kappa shape index (κ3) is 2.99. The molecular weight excluding hydrogens is 266 g/mol. The van der Waals surface area contributed by atoms with E-state index in [-0.39, 0.29) is 19.0 Å². The highest BCUT2D eigenvalue weighted by atomic mass is 16.4. The molecule has 0 unspecified atom stereocenters. The Bertz CT molecular complexity index is 561. The molecule has 1 fully saturated rings. The van der Waals surface area contributed by atoms with E-state index in [1.807, 2.05) is 31.2 Å². The molecule has 0 aliphatic heterocycles. The first-order chi connectivity index (χ1) is 9.99. The summed E-state index contributed by atoms with van der Waals surface area (Å²) in [4.78, 5) is 25.3. The Morgan fingerprint density at radius 1 is 1.43 bits per heavy atom. The van der Waals surface area contributed by atoms with Crippen molar-refractivity contribution in [3.8, 4) is 0 Å². The number of hydrogen-bond donors (Lipinski definition) is 1. The van der Waals surface area contributed by atoms with Crippen LogP contribution in [0.1, 0.15) is 30.4 Å². The SMILES string of the molecule is C=CCN(CC(=O)O)C(=O)C1(c2cccc(C)c2)CCC1. The fraction of sp³-hybridized carbons (Fsp3) is 0.412. The Hall–Kier alpha value is -2.10. The minimum atomic E-state index is -0.996. The summed E-state index contributed by atoms with van der Waals surface area (Å²) in [7, 11) is 0. The molecule has 1 aliphatic carbocycles. The summed E-state index contributed by atoms with van der Waals surface area (Å²) in [6, 6.07) is 7.95. The Labute approximate surface area is 125 Å². The lowest BCUT2D eigenvalue weighted by atomic mass is 9.63. The highest BCUT2D eigenvalue weighted by Crippen LogP contribution is 2.45. The molecule has 0 spiro atoms. The van der Waals surface area contributed by atoms with E-state index >= 15 is 0 Å². The van der Waals surface area contributed by atoms with Gasteiger partial charge in [-0.1, -0.05) is 42.3 Å². The van der Waals surface area contributed by atoms with E-state index < -0.39 is 11.4 Å². The summed E-state index contributed by atoms with van der Waals surface area (Å²) in [5, 5.41) is 9.00. The first kappa shape index (κ1) is 15.3. The minimum Gasteiger partial charge on any atom is -0.480 e. The fourth-order valence-corrected chi connectivity index (χ4v) is 2.94. The van der Waals surface area contributed by atoms with E-state index in [0.29, 0.717) is 0 Å². The maximum Gasteiger partial charge on any atom is 0.323 e. The van der Waals surface area contributed by atoms with Crippen LogP contribution in [0.5, 0.6) is 0 Å². The highest BCUT2D eigenvalue weighted by molar-refractivity contribution is 5.91. The molecule has 1 saturated carbocycles. The van der Waals surface area contributed by atoms with Crippen LogP contribution in [-0.2, 0) is 15.0 Å². The molecule has 1 aliphatic rings. The molecular formula is C17H21NO3. The number of carboxylic acid groups (broad SMARTS) is 1. The maximum absolute atomic E-state index is 12.9. The number of carbonyl (C=O) groups is 2. The molecule has 0 bridgehead atoms. The lowest BCUT2D eigenvalue weighted by molar-refractivity contribution is -0.148. The van der Waals surface area contributed by atoms with E-state index in [2.05, 4.69) is 6.58 Å². The minimum absolute atomic E-state index is 0.0957. The van der Waals surface area contributed by atoms with Crippen LogP contribution in [0.3, 0.4) is 0 Å². The van der Waals surface area contributed by atoms with Gasteiger partial charge in [-0.25, -0.2) is 0 Å². The lowest BCUT2D eigenvalue weighted by Gasteiger charge is -2.43. The predicted octanol–water partition coefficient (Wildman–Crippen LogP) is 2.52. The van der Waals surface area contributed by atoms with Gasteiger partial charge in [-0.15, -0.1) is 6.58 Å². The van der Waals surface area contributed by atoms with Crippen LogP contribution in [0.4, 0.5) is 0 Å². The third-order valence-electron chi connectivity index (χ3n) is 4.15. The molecule has 1 aromatic carbocycles. The average molecular weight is 287 g/mol. The van der Waals surface area contributed by atoms with Crippen molar-refractivity contribution in [1.82, 2.24) is 4.90 Å². The molecule has 4 heteroatoms. The summed E-state index contributed by atoms with van der Waals surface area (Å²) >= 11 is 0. The van der Waals surface area contributed by atoms with Gasteiger partial charge < -0.3 is 10.0 Å². The van der Waals surface area contributed by atoms with Crippen molar-refractivity contribution in [3.05, 3.63) is 48.0 Å². The fourth-order valence-electron chi connectivity index (χ4n) is 2.94. The molecule has 0 heterocycles. The van der Waals surface area contributed by atoms with Crippen molar-refractivity contribution in [2.45, 2.75) is 31.6 Å². The van der Waals surface area contributed by atoms with E-state index in [1.165, 1.54) is 4.90 Å². The Morgan fingerprint density at radius 2 is 2.14 bits per heavy atom. The number of carbonyl (C=O) groups excluding carboxylic acids is 1. The molecule has 0 saturated heterocycles. The number of nitrogens with zero attached hydrogens (tertiary/aromatic N) is 1.